The van der Waals surface area contributed by atoms with Gasteiger partial charge in [0.1, 0.15) is 11.6 Å². The van der Waals surface area contributed by atoms with Crippen LogP contribution in [0.15, 0.2) is 30.3 Å². The maximum atomic E-state index is 12.6. The molecule has 1 aromatic rings. The Hall–Kier alpha value is -1.99. The number of carbonyl (C=O) groups excluding carboxylic acids is 1. The average Bonchev–Trinajstić information content (AvgIpc) is 2.28. The van der Waals surface area contributed by atoms with Crippen LogP contribution in [-0.2, 0) is 4.79 Å². The van der Waals surface area contributed by atoms with Crippen LogP contribution in [0, 0.1) is 5.82 Å². The van der Waals surface area contributed by atoms with Crippen LogP contribution in [0.1, 0.15) is 5.56 Å². The second kappa shape index (κ2) is 4.94. The molecule has 0 radical (unpaired) electrons. The highest BCUT2D eigenvalue weighted by Gasteiger charge is 2.62. The summed E-state index contributed by atoms with van der Waals surface area (Å²) in [7, 11) is 0. The fraction of sp³-hybridized carbons (Fsp3) is 0.182. The number of aliphatic hydroxyl groups is 1. The zero-order valence-electron chi connectivity index (χ0n) is 9.01. The molecule has 0 amide bonds. The Labute approximate surface area is 103 Å². The second-order valence-electron chi connectivity index (χ2n) is 3.47. The maximum Gasteiger partial charge on any atom is 0.461 e. The third kappa shape index (κ3) is 3.27. The molecule has 0 fully saturated rings. The van der Waals surface area contributed by atoms with Gasteiger partial charge in [0.05, 0.1) is 0 Å². The molecule has 0 bridgehead atoms. The average molecular weight is 284 g/mol. The smallest absolute Gasteiger partial charge is 0.461 e. The van der Waals surface area contributed by atoms with Crippen molar-refractivity contribution in [2.24, 2.45) is 0 Å². The Bertz CT molecular complexity index is 501. The van der Waals surface area contributed by atoms with Crippen LogP contribution in [0.25, 0.3) is 5.76 Å². The van der Waals surface area contributed by atoms with E-state index in [4.69, 9.17) is 0 Å². The molecule has 104 valence electrons. The lowest BCUT2D eigenvalue weighted by Crippen LogP contribution is -2.43. The molecule has 0 atom stereocenters. The first-order chi connectivity index (χ1) is 8.55. The van der Waals surface area contributed by atoms with Gasteiger partial charge >= 0.3 is 12.1 Å². The number of halogens is 6. The first kappa shape index (κ1) is 15.1. The lowest BCUT2D eigenvalue weighted by atomic mass is 10.1. The summed E-state index contributed by atoms with van der Waals surface area (Å²) < 4.78 is 73.2. The standard InChI is InChI=1S/C11H6F6O2/c12-7-3-1-6(2-4-7)8(18)5-9(19)10(13,14)11(15,16)17/h1-5,18H. The van der Waals surface area contributed by atoms with E-state index in [-0.39, 0.29) is 11.6 Å². The summed E-state index contributed by atoms with van der Waals surface area (Å²) in [5.74, 6) is -10.0. The molecular weight excluding hydrogens is 278 g/mol. The van der Waals surface area contributed by atoms with Crippen LogP contribution in [0.2, 0.25) is 0 Å². The van der Waals surface area contributed by atoms with Crippen molar-refractivity contribution in [3.63, 3.8) is 0 Å². The van der Waals surface area contributed by atoms with Gasteiger partial charge in [-0.05, 0) is 24.3 Å². The zero-order valence-corrected chi connectivity index (χ0v) is 9.01. The lowest BCUT2D eigenvalue weighted by Gasteiger charge is -2.16. The molecule has 8 heteroatoms. The summed E-state index contributed by atoms with van der Waals surface area (Å²) in [6, 6.07) is 3.51. The minimum absolute atomic E-state index is 0.249. The SMILES string of the molecule is O=C(C=C(O)c1ccc(F)cc1)C(F)(F)C(F)(F)F. The van der Waals surface area contributed by atoms with Crippen molar-refractivity contribution in [3.05, 3.63) is 41.7 Å². The van der Waals surface area contributed by atoms with Crippen molar-refractivity contribution in [3.8, 4) is 0 Å². The third-order valence-corrected chi connectivity index (χ3v) is 2.07. The van der Waals surface area contributed by atoms with Gasteiger partial charge in [-0.2, -0.15) is 22.0 Å². The van der Waals surface area contributed by atoms with Crippen molar-refractivity contribution < 1.29 is 36.2 Å². The monoisotopic (exact) mass is 284 g/mol. The van der Waals surface area contributed by atoms with Gasteiger partial charge < -0.3 is 5.11 Å². The van der Waals surface area contributed by atoms with Crippen LogP contribution in [0.5, 0.6) is 0 Å². The Morgan fingerprint density at radius 3 is 1.95 bits per heavy atom. The van der Waals surface area contributed by atoms with Crippen molar-refractivity contribution >= 4 is 11.5 Å². The minimum Gasteiger partial charge on any atom is -0.507 e. The quantitative estimate of drug-likeness (QED) is 0.524. The molecule has 0 aliphatic rings. The number of aliphatic hydroxyl groups excluding tert-OH is 1. The van der Waals surface area contributed by atoms with E-state index in [1.165, 1.54) is 0 Å². The number of rotatable bonds is 3. The van der Waals surface area contributed by atoms with E-state index < -0.39 is 29.5 Å². The van der Waals surface area contributed by atoms with Gasteiger partial charge in [0.15, 0.2) is 0 Å². The van der Waals surface area contributed by atoms with Gasteiger partial charge in [-0.3, -0.25) is 4.79 Å². The molecule has 0 unspecified atom stereocenters. The lowest BCUT2D eigenvalue weighted by molar-refractivity contribution is -0.266. The fourth-order valence-corrected chi connectivity index (χ4v) is 1.06. The number of allylic oxidation sites excluding steroid dienone is 1. The molecule has 0 saturated carbocycles. The van der Waals surface area contributed by atoms with E-state index in [0.717, 1.165) is 24.3 Å². The van der Waals surface area contributed by atoms with Crippen LogP contribution < -0.4 is 0 Å². The molecule has 0 saturated heterocycles. The van der Waals surface area contributed by atoms with Crippen molar-refractivity contribution in [1.29, 1.82) is 0 Å². The van der Waals surface area contributed by atoms with E-state index in [2.05, 4.69) is 0 Å². The van der Waals surface area contributed by atoms with E-state index in [9.17, 15) is 36.2 Å². The number of ketones is 1. The van der Waals surface area contributed by atoms with E-state index >= 15 is 0 Å². The number of hydrogen-bond donors (Lipinski definition) is 1. The molecule has 0 heterocycles. The highest BCUT2D eigenvalue weighted by atomic mass is 19.4. The summed E-state index contributed by atoms with van der Waals surface area (Å²) in [6.45, 7) is 0. The van der Waals surface area contributed by atoms with Gasteiger partial charge in [-0.25, -0.2) is 4.39 Å². The largest absolute Gasteiger partial charge is 0.507 e. The predicted octanol–water partition coefficient (Wildman–Crippen LogP) is 3.49. The van der Waals surface area contributed by atoms with Crippen molar-refractivity contribution in [2.45, 2.75) is 12.1 Å². The second-order valence-corrected chi connectivity index (χ2v) is 3.47. The topological polar surface area (TPSA) is 37.3 Å². The molecule has 0 spiro atoms. The van der Waals surface area contributed by atoms with Gasteiger partial charge in [0.25, 0.3) is 0 Å². The molecule has 1 aromatic carbocycles. The number of alkyl halides is 5. The zero-order chi connectivity index (χ0) is 14.8. The normalized spacial score (nSPS) is 13.5. The summed E-state index contributed by atoms with van der Waals surface area (Å²) in [5, 5.41) is 9.23. The van der Waals surface area contributed by atoms with Gasteiger partial charge in [-0.15, -0.1) is 0 Å². The predicted molar refractivity (Wildman–Crippen MR) is 53.0 cm³/mol. The number of carbonyl (C=O) groups is 1. The molecule has 1 rings (SSSR count). The van der Waals surface area contributed by atoms with E-state index in [1.807, 2.05) is 0 Å². The van der Waals surface area contributed by atoms with E-state index in [1.54, 1.807) is 0 Å². The fourth-order valence-electron chi connectivity index (χ4n) is 1.06. The van der Waals surface area contributed by atoms with Crippen LogP contribution in [0.3, 0.4) is 0 Å². The highest BCUT2D eigenvalue weighted by molar-refractivity contribution is 6.00. The molecule has 0 aliphatic carbocycles. The van der Waals surface area contributed by atoms with Gasteiger partial charge in [0.2, 0.25) is 5.78 Å². The Morgan fingerprint density at radius 2 is 1.53 bits per heavy atom. The van der Waals surface area contributed by atoms with Gasteiger partial charge in [-0.1, -0.05) is 0 Å². The Balaban J connectivity index is 3.03. The van der Waals surface area contributed by atoms with Crippen LogP contribution >= 0.6 is 0 Å². The highest BCUT2D eigenvalue weighted by Crippen LogP contribution is 2.36. The Kier molecular flexibility index (Phi) is 3.92. The summed E-state index contributed by atoms with van der Waals surface area (Å²) in [4.78, 5) is 10.8. The minimum atomic E-state index is -6.05. The van der Waals surface area contributed by atoms with E-state index in [0.29, 0.717) is 0 Å². The van der Waals surface area contributed by atoms with Crippen LogP contribution in [0.4, 0.5) is 26.3 Å². The summed E-state index contributed by atoms with van der Waals surface area (Å²) in [5.41, 5.74) is -0.271. The maximum absolute atomic E-state index is 12.6. The number of benzene rings is 1. The molecule has 1 N–H and O–H groups in total. The summed E-state index contributed by atoms with van der Waals surface area (Å²) in [6.07, 6.45) is -6.30. The van der Waals surface area contributed by atoms with Crippen molar-refractivity contribution in [1.82, 2.24) is 0 Å². The molecule has 2 nitrogen and oxygen atoms in total. The first-order valence-corrected chi connectivity index (χ1v) is 4.71. The van der Waals surface area contributed by atoms with Crippen LogP contribution in [-0.4, -0.2) is 23.0 Å². The first-order valence-electron chi connectivity index (χ1n) is 4.71. The number of hydrogen-bond acceptors (Lipinski definition) is 2. The Morgan fingerprint density at radius 1 is 1.05 bits per heavy atom. The molecule has 0 aromatic heterocycles. The van der Waals surface area contributed by atoms with Gasteiger partial charge in [0, 0.05) is 11.6 Å². The molecule has 0 aliphatic heterocycles. The molecule has 19 heavy (non-hydrogen) atoms. The van der Waals surface area contributed by atoms with Crippen molar-refractivity contribution in [2.75, 3.05) is 0 Å². The molecular formula is C11H6F6O2. The third-order valence-electron chi connectivity index (χ3n) is 2.07. The summed E-state index contributed by atoms with van der Waals surface area (Å²) >= 11 is 0.